The Labute approximate surface area is 83.4 Å². The Bertz CT molecular complexity index is 420. The van der Waals surface area contributed by atoms with Gasteiger partial charge in [-0.05, 0) is 17.5 Å². The maximum Gasteiger partial charge on any atom is 0.0514 e. The topological polar surface area (TPSA) is 25.2 Å². The third-order valence-corrected chi connectivity index (χ3v) is 3.31. The van der Waals surface area contributed by atoms with Gasteiger partial charge >= 0.3 is 0 Å². The second-order valence-electron chi connectivity index (χ2n) is 4.01. The highest BCUT2D eigenvalue weighted by Gasteiger charge is 2.37. The van der Waals surface area contributed by atoms with Crippen LogP contribution in [0.2, 0.25) is 0 Å². The summed E-state index contributed by atoms with van der Waals surface area (Å²) >= 11 is 0. The zero-order valence-corrected chi connectivity index (χ0v) is 8.09. The van der Waals surface area contributed by atoms with Crippen LogP contribution in [0.1, 0.15) is 30.0 Å². The predicted octanol–water partition coefficient (Wildman–Crippen LogP) is 2.50. The lowest BCUT2D eigenvalue weighted by atomic mass is 9.88. The average Bonchev–Trinajstić information content (AvgIpc) is 2.55. The summed E-state index contributed by atoms with van der Waals surface area (Å²) in [5.41, 5.74) is 2.63. The second-order valence-corrected chi connectivity index (χ2v) is 4.01. The molecule has 2 nitrogen and oxygen atoms in total. The largest absolute Gasteiger partial charge is 0.269 e. The molecule has 0 bridgehead atoms. The molecule has 2 heteroatoms. The molecule has 1 aliphatic carbocycles. The van der Waals surface area contributed by atoms with Gasteiger partial charge in [-0.3, -0.25) is 9.98 Å². The van der Waals surface area contributed by atoms with Gasteiger partial charge in [0.2, 0.25) is 0 Å². The number of hydrogen-bond donors (Lipinski definition) is 0. The first-order valence-electron chi connectivity index (χ1n) is 5.02. The molecule has 3 atom stereocenters. The number of nitrogens with zero attached hydrogens (tertiary/aromatic N) is 2. The lowest BCUT2D eigenvalue weighted by molar-refractivity contribution is 0.583. The lowest BCUT2D eigenvalue weighted by Crippen LogP contribution is -2.12. The summed E-state index contributed by atoms with van der Waals surface area (Å²) in [5, 5.41) is 0. The van der Waals surface area contributed by atoms with Crippen LogP contribution in [0.4, 0.5) is 0 Å². The highest BCUT2D eigenvalue weighted by molar-refractivity contribution is 5.69. The van der Waals surface area contributed by atoms with Crippen LogP contribution in [0.3, 0.4) is 0 Å². The zero-order chi connectivity index (χ0) is 9.54. The fraction of sp³-hybridized carbons (Fsp3) is 0.333. The Morgan fingerprint density at radius 3 is 3.21 bits per heavy atom. The van der Waals surface area contributed by atoms with Crippen molar-refractivity contribution in [1.29, 1.82) is 0 Å². The van der Waals surface area contributed by atoms with Crippen molar-refractivity contribution in [1.82, 2.24) is 4.98 Å². The highest BCUT2D eigenvalue weighted by atomic mass is 14.8. The Morgan fingerprint density at radius 1 is 1.36 bits per heavy atom. The van der Waals surface area contributed by atoms with E-state index in [1.165, 1.54) is 11.3 Å². The van der Waals surface area contributed by atoms with Crippen LogP contribution in [0.25, 0.3) is 0 Å². The minimum atomic E-state index is 0.457. The van der Waals surface area contributed by atoms with Gasteiger partial charge in [0, 0.05) is 30.4 Å². The maximum atomic E-state index is 4.48. The number of aromatic nitrogens is 1. The van der Waals surface area contributed by atoms with Crippen molar-refractivity contribution < 1.29 is 0 Å². The summed E-state index contributed by atoms with van der Waals surface area (Å²) in [6.45, 7) is 2.26. The van der Waals surface area contributed by atoms with Gasteiger partial charge in [-0.15, -0.1) is 0 Å². The summed E-state index contributed by atoms with van der Waals surface area (Å²) in [6, 6.07) is 4.21. The Morgan fingerprint density at radius 2 is 2.29 bits per heavy atom. The van der Waals surface area contributed by atoms with E-state index >= 15 is 0 Å². The average molecular weight is 184 g/mol. The highest BCUT2D eigenvalue weighted by Crippen LogP contribution is 2.45. The van der Waals surface area contributed by atoms with Crippen LogP contribution in [0.15, 0.2) is 35.6 Å². The van der Waals surface area contributed by atoms with Gasteiger partial charge in [-0.2, -0.15) is 0 Å². The maximum absolute atomic E-state index is 4.48. The Balaban J connectivity index is 2.17. The fourth-order valence-corrected chi connectivity index (χ4v) is 2.53. The number of allylic oxidation sites excluding steroid dienone is 1. The first-order valence-corrected chi connectivity index (χ1v) is 5.02. The third-order valence-electron chi connectivity index (χ3n) is 3.31. The van der Waals surface area contributed by atoms with E-state index in [2.05, 4.69) is 35.3 Å². The van der Waals surface area contributed by atoms with Crippen molar-refractivity contribution in [2.75, 3.05) is 0 Å². The summed E-state index contributed by atoms with van der Waals surface area (Å²) in [6.07, 6.45) is 8.00. The van der Waals surface area contributed by atoms with Crippen LogP contribution < -0.4 is 0 Å². The van der Waals surface area contributed by atoms with Gasteiger partial charge in [-0.1, -0.05) is 19.1 Å². The van der Waals surface area contributed by atoms with Crippen molar-refractivity contribution in [3.05, 3.63) is 41.9 Å². The van der Waals surface area contributed by atoms with E-state index in [9.17, 15) is 0 Å². The molecular formula is C12H12N2. The lowest BCUT2D eigenvalue weighted by Gasteiger charge is -2.17. The van der Waals surface area contributed by atoms with Crippen LogP contribution in [-0.2, 0) is 0 Å². The quantitative estimate of drug-likeness (QED) is 0.608. The molecule has 1 aliphatic heterocycles. The molecular weight excluding hydrogens is 172 g/mol. The van der Waals surface area contributed by atoms with Crippen molar-refractivity contribution in [3.63, 3.8) is 0 Å². The molecule has 0 fully saturated rings. The Hall–Kier alpha value is -1.44. The van der Waals surface area contributed by atoms with Crippen LogP contribution in [0, 0.1) is 5.92 Å². The van der Waals surface area contributed by atoms with Crippen molar-refractivity contribution in [3.8, 4) is 0 Å². The van der Waals surface area contributed by atoms with Gasteiger partial charge in [-0.25, -0.2) is 0 Å². The van der Waals surface area contributed by atoms with E-state index in [1.807, 2.05) is 18.5 Å². The molecule has 0 saturated heterocycles. The molecule has 70 valence electrons. The first kappa shape index (κ1) is 7.92. The molecule has 1 aromatic rings. The third kappa shape index (κ3) is 0.910. The van der Waals surface area contributed by atoms with Gasteiger partial charge in [0.25, 0.3) is 0 Å². The monoisotopic (exact) mass is 184 g/mol. The number of fused-ring (bicyclic) bond motifs is 3. The van der Waals surface area contributed by atoms with Crippen LogP contribution >= 0.6 is 0 Å². The summed E-state index contributed by atoms with van der Waals surface area (Å²) in [5.74, 6) is 1.53. The van der Waals surface area contributed by atoms with Gasteiger partial charge in [0.05, 0.1) is 5.69 Å². The summed E-state index contributed by atoms with van der Waals surface area (Å²) in [4.78, 5) is 8.70. The first-order chi connectivity index (χ1) is 6.88. The molecule has 0 radical (unpaired) electrons. The number of aliphatic imine (C=N–C) groups is 1. The molecule has 14 heavy (non-hydrogen) atoms. The predicted molar refractivity (Wildman–Crippen MR) is 56.5 cm³/mol. The van der Waals surface area contributed by atoms with Gasteiger partial charge in [0.15, 0.2) is 0 Å². The van der Waals surface area contributed by atoms with E-state index in [0.717, 1.165) is 0 Å². The van der Waals surface area contributed by atoms with E-state index < -0.39 is 0 Å². The van der Waals surface area contributed by atoms with E-state index in [1.54, 1.807) is 0 Å². The van der Waals surface area contributed by atoms with Crippen molar-refractivity contribution >= 4 is 6.21 Å². The van der Waals surface area contributed by atoms with Crippen LogP contribution in [-0.4, -0.2) is 11.2 Å². The molecule has 3 rings (SSSR count). The second kappa shape index (κ2) is 2.77. The van der Waals surface area contributed by atoms with E-state index in [4.69, 9.17) is 0 Å². The standard InChI is InChI=1S/C12H12N2/c1-8-9-3-2-5-14-12(9)10-4-6-13-7-11(8)10/h2-8,10-11H,1H3/t8-,10?,11?/m1/s1. The minimum Gasteiger partial charge on any atom is -0.269 e. The number of pyridine rings is 1. The normalized spacial score (nSPS) is 32.8. The smallest absolute Gasteiger partial charge is 0.0514 e. The molecule has 2 heterocycles. The van der Waals surface area contributed by atoms with Crippen molar-refractivity contribution in [2.45, 2.75) is 18.8 Å². The number of hydrogen-bond acceptors (Lipinski definition) is 2. The molecule has 0 aromatic carbocycles. The molecule has 2 unspecified atom stereocenters. The molecule has 0 saturated carbocycles. The van der Waals surface area contributed by atoms with Gasteiger partial charge in [0.1, 0.15) is 0 Å². The minimum absolute atomic E-state index is 0.457. The summed E-state index contributed by atoms with van der Waals surface area (Å²) in [7, 11) is 0. The summed E-state index contributed by atoms with van der Waals surface area (Å²) < 4.78 is 0. The molecule has 0 N–H and O–H groups in total. The number of rotatable bonds is 0. The SMILES string of the molecule is C[C@@H]1c2cccnc2C2C=CN=CC21. The molecule has 0 amide bonds. The van der Waals surface area contributed by atoms with E-state index in [0.29, 0.717) is 17.8 Å². The van der Waals surface area contributed by atoms with Crippen molar-refractivity contribution in [2.24, 2.45) is 10.9 Å². The van der Waals surface area contributed by atoms with Crippen LogP contribution in [0.5, 0.6) is 0 Å². The fourth-order valence-electron chi connectivity index (χ4n) is 2.53. The van der Waals surface area contributed by atoms with Gasteiger partial charge < -0.3 is 0 Å². The molecule has 2 aliphatic rings. The molecule has 1 aromatic heterocycles. The van der Waals surface area contributed by atoms with E-state index in [-0.39, 0.29) is 0 Å². The molecule has 0 spiro atoms. The Kier molecular flexibility index (Phi) is 1.57. The zero-order valence-electron chi connectivity index (χ0n) is 8.09.